The molecule has 1 aliphatic carbocycles. The van der Waals surface area contributed by atoms with Crippen molar-refractivity contribution in [3.63, 3.8) is 0 Å². The molecule has 1 aliphatic rings. The number of hydrogen-bond acceptors (Lipinski definition) is 4. The highest BCUT2D eigenvalue weighted by atomic mass is 16.5. The van der Waals surface area contributed by atoms with Crippen LogP contribution in [-0.4, -0.2) is 24.7 Å². The van der Waals surface area contributed by atoms with Gasteiger partial charge >= 0.3 is 5.97 Å². The molecule has 5 heteroatoms. The van der Waals surface area contributed by atoms with Crippen LogP contribution in [0.4, 0.5) is 22.7 Å². The van der Waals surface area contributed by atoms with Gasteiger partial charge in [-0.3, -0.25) is 0 Å². The maximum atomic E-state index is 12.0. The van der Waals surface area contributed by atoms with E-state index in [4.69, 9.17) is 4.74 Å². The van der Waals surface area contributed by atoms with E-state index in [2.05, 4.69) is 74.4 Å². The Morgan fingerprint density at radius 1 is 0.946 bits per heavy atom. The molecule has 37 heavy (non-hydrogen) atoms. The summed E-state index contributed by atoms with van der Waals surface area (Å²) in [4.78, 5) is 14.2. The molecule has 2 N–H and O–H groups in total. The Kier molecular flexibility index (Phi) is 8.11. The lowest BCUT2D eigenvalue weighted by Gasteiger charge is -2.24. The molecule has 3 aromatic rings. The third-order valence-electron chi connectivity index (χ3n) is 7.12. The summed E-state index contributed by atoms with van der Waals surface area (Å²) in [7, 11) is 2.08. The van der Waals surface area contributed by atoms with E-state index in [9.17, 15) is 9.90 Å². The Labute approximate surface area is 221 Å². The van der Waals surface area contributed by atoms with E-state index in [-0.39, 0.29) is 11.0 Å². The van der Waals surface area contributed by atoms with Crippen LogP contribution in [-0.2, 0) is 0 Å². The van der Waals surface area contributed by atoms with Crippen LogP contribution in [0, 0.1) is 12.3 Å². The van der Waals surface area contributed by atoms with Gasteiger partial charge in [-0.15, -0.1) is 0 Å². The fourth-order valence-electron chi connectivity index (χ4n) is 4.90. The van der Waals surface area contributed by atoms with Crippen LogP contribution in [0.1, 0.15) is 80.3 Å². The van der Waals surface area contributed by atoms with E-state index >= 15 is 0 Å². The van der Waals surface area contributed by atoms with Gasteiger partial charge < -0.3 is 20.1 Å². The maximum absolute atomic E-state index is 12.0. The SMILES string of the molecule is Cc1cc(N(C)c2ccc(C3CCCCC3)cc2)ccc1Nc1ccc(OCC(C)(C)C)cc1C(=O)O. The van der Waals surface area contributed by atoms with E-state index in [0.717, 1.165) is 22.6 Å². The number of aryl methyl sites for hydroxylation is 1. The fourth-order valence-corrected chi connectivity index (χ4v) is 4.90. The molecule has 0 aromatic heterocycles. The summed E-state index contributed by atoms with van der Waals surface area (Å²) in [5.41, 5.74) is 6.31. The second-order valence-corrected chi connectivity index (χ2v) is 11.5. The summed E-state index contributed by atoms with van der Waals surface area (Å²) in [6.07, 6.45) is 6.67. The molecule has 0 atom stereocenters. The van der Waals surface area contributed by atoms with Gasteiger partial charge in [0.2, 0.25) is 0 Å². The Balaban J connectivity index is 1.48. The third-order valence-corrected chi connectivity index (χ3v) is 7.12. The quantitative estimate of drug-likeness (QED) is 0.324. The average molecular weight is 501 g/mol. The molecule has 0 aliphatic heterocycles. The monoisotopic (exact) mass is 500 g/mol. The van der Waals surface area contributed by atoms with Gasteiger partial charge in [-0.25, -0.2) is 4.79 Å². The third kappa shape index (κ3) is 6.85. The van der Waals surface area contributed by atoms with Gasteiger partial charge in [0, 0.05) is 24.1 Å². The van der Waals surface area contributed by atoms with E-state index < -0.39 is 5.97 Å². The summed E-state index contributed by atoms with van der Waals surface area (Å²) in [5.74, 6) is 0.269. The molecule has 0 amide bonds. The van der Waals surface area contributed by atoms with Gasteiger partial charge in [0.15, 0.2) is 0 Å². The Morgan fingerprint density at radius 3 is 2.22 bits per heavy atom. The summed E-state index contributed by atoms with van der Waals surface area (Å²) < 4.78 is 5.82. The standard InChI is InChI=1S/C32H40N2O3/c1-22-19-26(34(5)25-13-11-24(12-14-25)23-9-7-6-8-10-23)15-17-29(22)33-30-18-16-27(20-28(30)31(35)36)37-21-32(2,3)4/h11-20,23,33H,6-10,21H2,1-5H3,(H,35,36). The number of carboxylic acids is 1. The minimum absolute atomic E-state index is 0.0102. The zero-order valence-corrected chi connectivity index (χ0v) is 22.8. The van der Waals surface area contributed by atoms with Crippen molar-refractivity contribution in [1.29, 1.82) is 0 Å². The minimum Gasteiger partial charge on any atom is -0.493 e. The van der Waals surface area contributed by atoms with Crippen LogP contribution >= 0.6 is 0 Å². The van der Waals surface area contributed by atoms with Gasteiger partial charge in [-0.05, 0) is 90.8 Å². The molecule has 4 rings (SSSR count). The van der Waals surface area contributed by atoms with Gasteiger partial charge in [-0.2, -0.15) is 0 Å². The highest BCUT2D eigenvalue weighted by Gasteiger charge is 2.17. The van der Waals surface area contributed by atoms with Crippen LogP contribution in [0.25, 0.3) is 0 Å². The lowest BCUT2D eigenvalue weighted by Crippen LogP contribution is -2.17. The highest BCUT2D eigenvalue weighted by Crippen LogP contribution is 2.35. The number of benzene rings is 3. The molecular weight excluding hydrogens is 460 g/mol. The summed E-state index contributed by atoms with van der Waals surface area (Å²) in [5, 5.41) is 13.1. The zero-order chi connectivity index (χ0) is 26.6. The van der Waals surface area contributed by atoms with Crippen LogP contribution in [0.15, 0.2) is 60.7 Å². The number of carboxylic acid groups (broad SMARTS) is 1. The molecule has 196 valence electrons. The van der Waals surface area contributed by atoms with E-state index in [0.29, 0.717) is 24.0 Å². The molecule has 0 saturated heterocycles. The Bertz CT molecular complexity index is 1220. The smallest absolute Gasteiger partial charge is 0.337 e. The number of aromatic carboxylic acids is 1. The van der Waals surface area contributed by atoms with E-state index in [1.165, 1.54) is 37.7 Å². The first-order chi connectivity index (χ1) is 17.6. The number of nitrogens with zero attached hydrogens (tertiary/aromatic N) is 1. The molecule has 1 saturated carbocycles. The first-order valence-corrected chi connectivity index (χ1v) is 13.3. The van der Waals surface area contributed by atoms with Crippen LogP contribution in [0.2, 0.25) is 0 Å². The minimum atomic E-state index is -0.991. The fraction of sp³-hybridized carbons (Fsp3) is 0.406. The van der Waals surface area contributed by atoms with Crippen molar-refractivity contribution in [2.45, 2.75) is 65.7 Å². The molecule has 0 unspecified atom stereocenters. The highest BCUT2D eigenvalue weighted by molar-refractivity contribution is 5.96. The number of carbonyl (C=O) groups is 1. The van der Waals surface area contributed by atoms with Crippen molar-refractivity contribution >= 4 is 28.7 Å². The van der Waals surface area contributed by atoms with Crippen molar-refractivity contribution in [2.24, 2.45) is 5.41 Å². The van der Waals surface area contributed by atoms with Gasteiger partial charge in [-0.1, -0.05) is 52.2 Å². The van der Waals surface area contributed by atoms with Gasteiger partial charge in [0.1, 0.15) is 5.75 Å². The predicted molar refractivity (Wildman–Crippen MR) is 153 cm³/mol. The van der Waals surface area contributed by atoms with Crippen molar-refractivity contribution in [3.05, 3.63) is 77.4 Å². The second kappa shape index (κ2) is 11.3. The maximum Gasteiger partial charge on any atom is 0.337 e. The first kappa shape index (κ1) is 26.6. The van der Waals surface area contributed by atoms with Gasteiger partial charge in [0.05, 0.1) is 17.9 Å². The summed E-state index contributed by atoms with van der Waals surface area (Å²) in [6.45, 7) is 8.79. The molecule has 0 heterocycles. The topological polar surface area (TPSA) is 61.8 Å². The zero-order valence-electron chi connectivity index (χ0n) is 22.8. The predicted octanol–water partition coefficient (Wildman–Crippen LogP) is 8.68. The number of nitrogens with one attached hydrogen (secondary N) is 1. The second-order valence-electron chi connectivity index (χ2n) is 11.5. The Hall–Kier alpha value is -3.47. The molecule has 5 nitrogen and oxygen atoms in total. The molecular formula is C32H40N2O3. The van der Waals surface area contributed by atoms with Crippen molar-refractivity contribution in [3.8, 4) is 5.75 Å². The molecule has 0 spiro atoms. The first-order valence-electron chi connectivity index (χ1n) is 13.3. The normalized spacial score (nSPS) is 14.3. The molecule has 0 bridgehead atoms. The Morgan fingerprint density at radius 2 is 1.59 bits per heavy atom. The largest absolute Gasteiger partial charge is 0.493 e. The van der Waals surface area contributed by atoms with Crippen LogP contribution < -0.4 is 15.0 Å². The van der Waals surface area contributed by atoms with E-state index in [1.807, 2.05) is 19.1 Å². The number of rotatable bonds is 8. The molecule has 1 fully saturated rings. The van der Waals surface area contributed by atoms with Crippen molar-refractivity contribution in [1.82, 2.24) is 0 Å². The van der Waals surface area contributed by atoms with Gasteiger partial charge in [0.25, 0.3) is 0 Å². The van der Waals surface area contributed by atoms with E-state index in [1.54, 1.807) is 12.1 Å². The number of hydrogen-bond donors (Lipinski definition) is 2. The van der Waals surface area contributed by atoms with Crippen LogP contribution in [0.3, 0.4) is 0 Å². The molecule has 0 radical (unpaired) electrons. The van der Waals surface area contributed by atoms with Crippen molar-refractivity contribution in [2.75, 3.05) is 23.9 Å². The van der Waals surface area contributed by atoms with Crippen LogP contribution in [0.5, 0.6) is 5.75 Å². The lowest BCUT2D eigenvalue weighted by atomic mass is 9.84. The lowest BCUT2D eigenvalue weighted by molar-refractivity contribution is 0.0697. The number of anilines is 4. The molecule has 3 aromatic carbocycles. The van der Waals surface area contributed by atoms with Crippen molar-refractivity contribution < 1.29 is 14.6 Å². The average Bonchev–Trinajstić information content (AvgIpc) is 2.88. The summed E-state index contributed by atoms with van der Waals surface area (Å²) in [6, 6.07) is 20.4. The number of ether oxygens (including phenoxy) is 1. The summed E-state index contributed by atoms with van der Waals surface area (Å²) >= 11 is 0.